The van der Waals surface area contributed by atoms with Crippen LogP contribution in [0.15, 0.2) is 36.7 Å². The highest BCUT2D eigenvalue weighted by atomic mass is 16.5. The zero-order chi connectivity index (χ0) is 36.8. The average Bonchev–Trinajstić information content (AvgIpc) is 3.06. The van der Waals surface area contributed by atoms with Crippen LogP contribution in [0, 0.1) is 19.3 Å². The van der Waals surface area contributed by atoms with Gasteiger partial charge in [-0.1, -0.05) is 39.0 Å². The Bertz CT molecular complexity index is 1780. The highest BCUT2D eigenvalue weighted by molar-refractivity contribution is 5.92. The standard InChI is InChI=1S/C35H43N5O2.C4H10O.CH2O2/c1-8-27-22(2)38-23(3)32(33(27)39-15-12-35(4,5)13-16-39)25-9-10-26-20-40(14-11-24(26)17-25)34-28-18-30(41-6)31(42-7)19-29(28)36-21-37-34;1-4(2,3)5;2-1-3/h9-10,17-19,21H,8,11-16,20H2,1-7H3;5H,1-3H3;1H,(H,2,3). The van der Waals surface area contributed by atoms with Crippen molar-refractivity contribution >= 4 is 28.9 Å². The number of hydrogen-bond donors (Lipinski definition) is 2. The van der Waals surface area contributed by atoms with Crippen LogP contribution in [0.25, 0.3) is 22.0 Å². The molecule has 2 N–H and O–H groups in total. The maximum Gasteiger partial charge on any atom is 0.290 e. The molecule has 0 atom stereocenters. The number of carboxylic acid groups (broad SMARTS) is 1. The van der Waals surface area contributed by atoms with Crippen LogP contribution < -0.4 is 19.3 Å². The number of hydrogen-bond acceptors (Lipinski definition) is 9. The molecule has 2 aromatic carbocycles. The van der Waals surface area contributed by atoms with E-state index < -0.39 is 5.60 Å². The van der Waals surface area contributed by atoms with Gasteiger partial charge in [-0.2, -0.15) is 0 Å². The molecular weight excluding hydrogens is 630 g/mol. The fourth-order valence-electron chi connectivity index (χ4n) is 6.83. The number of aliphatic hydroxyl groups is 1. The van der Waals surface area contributed by atoms with E-state index in [-0.39, 0.29) is 6.47 Å². The topological polar surface area (TPSA) is 121 Å². The second kappa shape index (κ2) is 16.1. The predicted molar refractivity (Wildman–Crippen MR) is 202 cm³/mol. The molecule has 2 aromatic heterocycles. The van der Waals surface area contributed by atoms with Crippen LogP contribution >= 0.6 is 0 Å². The lowest BCUT2D eigenvalue weighted by Gasteiger charge is -2.40. The number of anilines is 2. The van der Waals surface area contributed by atoms with Crippen molar-refractivity contribution in [3.05, 3.63) is 64.7 Å². The number of pyridine rings is 1. The summed E-state index contributed by atoms with van der Waals surface area (Å²) in [6, 6.07) is 11.0. The van der Waals surface area contributed by atoms with Crippen LogP contribution in [-0.2, 0) is 24.2 Å². The summed E-state index contributed by atoms with van der Waals surface area (Å²) < 4.78 is 11.1. The van der Waals surface area contributed by atoms with Gasteiger partial charge >= 0.3 is 0 Å². The Morgan fingerprint density at radius 3 is 2.14 bits per heavy atom. The minimum atomic E-state index is -0.500. The lowest BCUT2D eigenvalue weighted by Crippen LogP contribution is -2.38. The quantitative estimate of drug-likeness (QED) is 0.197. The molecule has 0 aliphatic carbocycles. The number of benzene rings is 2. The number of carbonyl (C=O) groups is 1. The third-order valence-electron chi connectivity index (χ3n) is 9.37. The summed E-state index contributed by atoms with van der Waals surface area (Å²) in [6.45, 7) is 20.3. The van der Waals surface area contributed by atoms with Crippen LogP contribution in [0.4, 0.5) is 11.5 Å². The van der Waals surface area contributed by atoms with Crippen molar-refractivity contribution < 1.29 is 24.5 Å². The van der Waals surface area contributed by atoms with Gasteiger partial charge in [0.2, 0.25) is 0 Å². The Kier molecular flexibility index (Phi) is 12.3. The molecule has 10 heteroatoms. The van der Waals surface area contributed by atoms with E-state index >= 15 is 0 Å². The fraction of sp³-hybridized carbons (Fsp3) is 0.500. The monoisotopic (exact) mass is 685 g/mol. The van der Waals surface area contributed by atoms with Crippen LogP contribution in [0.3, 0.4) is 0 Å². The van der Waals surface area contributed by atoms with Gasteiger partial charge in [-0.3, -0.25) is 9.78 Å². The first-order valence-corrected chi connectivity index (χ1v) is 17.4. The normalized spacial score (nSPS) is 15.3. The molecule has 10 nitrogen and oxygen atoms in total. The van der Waals surface area contributed by atoms with E-state index in [9.17, 15) is 0 Å². The zero-order valence-corrected chi connectivity index (χ0v) is 31.6. The molecular formula is C40H55N5O5. The molecule has 2 aliphatic rings. The molecule has 0 saturated carbocycles. The summed E-state index contributed by atoms with van der Waals surface area (Å²) in [6.07, 6.45) is 6.02. The van der Waals surface area contributed by atoms with E-state index in [4.69, 9.17) is 34.4 Å². The number of nitrogens with zero attached hydrogens (tertiary/aromatic N) is 5. The molecule has 0 spiro atoms. The summed E-state index contributed by atoms with van der Waals surface area (Å²) in [4.78, 5) is 27.6. The van der Waals surface area contributed by atoms with Crippen LogP contribution in [0.2, 0.25) is 0 Å². The van der Waals surface area contributed by atoms with Gasteiger partial charge in [0.1, 0.15) is 12.1 Å². The second-order valence-corrected chi connectivity index (χ2v) is 14.8. The molecule has 270 valence electrons. The molecule has 0 bridgehead atoms. The molecule has 50 heavy (non-hydrogen) atoms. The number of methoxy groups -OCH3 is 2. The second-order valence-electron chi connectivity index (χ2n) is 14.8. The van der Waals surface area contributed by atoms with Crippen molar-refractivity contribution in [2.75, 3.05) is 43.7 Å². The predicted octanol–water partition coefficient (Wildman–Crippen LogP) is 7.56. The zero-order valence-electron chi connectivity index (χ0n) is 31.6. The van der Waals surface area contributed by atoms with E-state index in [0.717, 1.165) is 61.4 Å². The van der Waals surface area contributed by atoms with Gasteiger partial charge in [-0.25, -0.2) is 9.97 Å². The Morgan fingerprint density at radius 2 is 1.54 bits per heavy atom. The summed E-state index contributed by atoms with van der Waals surface area (Å²) in [5.74, 6) is 2.28. The molecule has 1 saturated heterocycles. The van der Waals surface area contributed by atoms with Gasteiger partial charge in [0.25, 0.3) is 6.47 Å². The van der Waals surface area contributed by atoms with E-state index in [1.54, 1.807) is 41.3 Å². The molecule has 4 heterocycles. The highest BCUT2D eigenvalue weighted by Crippen LogP contribution is 2.43. The number of ether oxygens (including phenoxy) is 2. The third-order valence-corrected chi connectivity index (χ3v) is 9.37. The Labute approximate surface area is 297 Å². The minimum absolute atomic E-state index is 0.250. The number of fused-ring (bicyclic) bond motifs is 2. The van der Waals surface area contributed by atoms with Crippen molar-refractivity contribution in [2.45, 2.75) is 93.2 Å². The first-order chi connectivity index (χ1) is 23.6. The first-order valence-electron chi connectivity index (χ1n) is 17.4. The summed E-state index contributed by atoms with van der Waals surface area (Å²) in [7, 11) is 3.31. The highest BCUT2D eigenvalue weighted by Gasteiger charge is 2.30. The van der Waals surface area contributed by atoms with Gasteiger partial charge in [0.15, 0.2) is 11.5 Å². The van der Waals surface area contributed by atoms with Gasteiger partial charge in [-0.05, 0) is 94.0 Å². The molecule has 2 aliphatic heterocycles. The molecule has 0 amide bonds. The van der Waals surface area contributed by atoms with Crippen molar-refractivity contribution in [1.29, 1.82) is 0 Å². The van der Waals surface area contributed by atoms with Gasteiger partial charge in [-0.15, -0.1) is 0 Å². The first kappa shape index (κ1) is 38.4. The van der Waals surface area contributed by atoms with Crippen molar-refractivity contribution in [1.82, 2.24) is 15.0 Å². The molecule has 4 aromatic rings. The Balaban J connectivity index is 0.000000637. The van der Waals surface area contributed by atoms with E-state index in [1.807, 2.05) is 12.1 Å². The summed E-state index contributed by atoms with van der Waals surface area (Å²) >= 11 is 0. The van der Waals surface area contributed by atoms with Crippen molar-refractivity contribution in [3.63, 3.8) is 0 Å². The number of aromatic nitrogens is 3. The SMILES string of the molecule is CC(C)(C)O.CCc1c(C)nc(C)c(-c2ccc3c(c2)CCN(c2ncnc4cc(OC)c(OC)cc24)C3)c1N1CCC(C)(C)CC1.O=CO. The van der Waals surface area contributed by atoms with Crippen molar-refractivity contribution in [3.8, 4) is 22.6 Å². The molecule has 6 rings (SSSR count). The molecule has 0 radical (unpaired) electrons. The van der Waals surface area contributed by atoms with E-state index in [0.29, 0.717) is 16.9 Å². The molecule has 1 fully saturated rings. The van der Waals surface area contributed by atoms with Crippen LogP contribution in [0.1, 0.15) is 82.5 Å². The van der Waals surface area contributed by atoms with Gasteiger partial charge in [0.05, 0.1) is 31.0 Å². The number of piperidine rings is 1. The Hall–Kier alpha value is -4.44. The number of rotatable bonds is 6. The third kappa shape index (κ3) is 9.01. The fourth-order valence-corrected chi connectivity index (χ4v) is 6.83. The minimum Gasteiger partial charge on any atom is -0.493 e. The summed E-state index contributed by atoms with van der Waals surface area (Å²) in [5, 5.41) is 16.4. The van der Waals surface area contributed by atoms with E-state index in [1.165, 1.54) is 52.0 Å². The largest absolute Gasteiger partial charge is 0.493 e. The summed E-state index contributed by atoms with van der Waals surface area (Å²) in [5.41, 5.74) is 11.2. The smallest absolute Gasteiger partial charge is 0.290 e. The van der Waals surface area contributed by atoms with E-state index in [2.05, 4.69) is 67.6 Å². The maximum absolute atomic E-state index is 8.52. The lowest BCUT2D eigenvalue weighted by atomic mass is 9.82. The lowest BCUT2D eigenvalue weighted by molar-refractivity contribution is -0.122. The van der Waals surface area contributed by atoms with Crippen LogP contribution in [0.5, 0.6) is 11.5 Å². The van der Waals surface area contributed by atoms with Gasteiger partial charge < -0.3 is 29.5 Å². The Morgan fingerprint density at radius 1 is 0.920 bits per heavy atom. The maximum atomic E-state index is 8.52. The van der Waals surface area contributed by atoms with Gasteiger partial charge in [0, 0.05) is 54.6 Å². The molecule has 0 unspecified atom stereocenters. The van der Waals surface area contributed by atoms with Crippen LogP contribution in [-0.4, -0.2) is 71.1 Å². The van der Waals surface area contributed by atoms with Crippen molar-refractivity contribution in [2.24, 2.45) is 5.41 Å². The average molecular weight is 686 g/mol. The number of aryl methyl sites for hydroxylation is 2.